The van der Waals surface area contributed by atoms with Crippen molar-refractivity contribution in [3.8, 4) is 11.5 Å². The number of benzene rings is 2. The fourth-order valence-electron chi connectivity index (χ4n) is 4.28. The van der Waals surface area contributed by atoms with Crippen molar-refractivity contribution in [3.05, 3.63) is 64.6 Å². The van der Waals surface area contributed by atoms with Crippen LogP contribution in [0.2, 0.25) is 0 Å². The van der Waals surface area contributed by atoms with Gasteiger partial charge in [-0.3, -0.25) is 9.69 Å². The van der Waals surface area contributed by atoms with Crippen molar-refractivity contribution >= 4 is 22.8 Å². The monoisotopic (exact) mass is 449 g/mol. The Labute approximate surface area is 194 Å². The molecule has 3 aromatic rings. The molecule has 2 N–H and O–H groups in total. The van der Waals surface area contributed by atoms with E-state index in [9.17, 15) is 9.90 Å². The van der Waals surface area contributed by atoms with E-state index >= 15 is 0 Å². The zero-order valence-electron chi connectivity index (χ0n) is 19.4. The minimum atomic E-state index is -0.169. The molecule has 3 heterocycles. The van der Waals surface area contributed by atoms with Gasteiger partial charge in [-0.2, -0.15) is 0 Å². The number of furan rings is 1. The first-order valence-corrected chi connectivity index (χ1v) is 11.5. The molecular weight excluding hydrogens is 418 g/mol. The summed E-state index contributed by atoms with van der Waals surface area (Å²) in [5.74, 6) is 1.30. The number of para-hydroxylation sites is 1. The summed E-state index contributed by atoms with van der Waals surface area (Å²) in [6, 6.07) is 11.3. The van der Waals surface area contributed by atoms with Crippen LogP contribution in [-0.4, -0.2) is 40.1 Å². The molecule has 2 aromatic carbocycles. The number of ketones is 1. The maximum atomic E-state index is 13.1. The third kappa shape index (κ3) is 5.13. The molecule has 0 spiro atoms. The smallest absolute Gasteiger partial charge is 0.232 e. The van der Waals surface area contributed by atoms with Gasteiger partial charge in [0.25, 0.3) is 0 Å². The number of phenols is 1. The van der Waals surface area contributed by atoms with E-state index in [1.54, 1.807) is 26.0 Å². The summed E-state index contributed by atoms with van der Waals surface area (Å²) in [6.07, 6.45) is 5.04. The molecule has 6 heteroatoms. The van der Waals surface area contributed by atoms with Gasteiger partial charge >= 0.3 is 0 Å². The van der Waals surface area contributed by atoms with Crippen molar-refractivity contribution < 1.29 is 24.2 Å². The molecule has 6 nitrogen and oxygen atoms in total. The van der Waals surface area contributed by atoms with Crippen LogP contribution in [0.4, 0.5) is 0 Å². The number of aliphatic hydroxyl groups is 1. The highest BCUT2D eigenvalue weighted by atomic mass is 16.5. The summed E-state index contributed by atoms with van der Waals surface area (Å²) < 4.78 is 11.8. The number of hydrogen-bond acceptors (Lipinski definition) is 6. The fourth-order valence-corrected chi connectivity index (χ4v) is 4.28. The number of carbonyl (C=O) groups excluding carboxylic acids is 1. The van der Waals surface area contributed by atoms with E-state index in [0.717, 1.165) is 42.5 Å². The number of ether oxygens (including phenoxy) is 1. The van der Waals surface area contributed by atoms with Gasteiger partial charge in [-0.25, -0.2) is 0 Å². The zero-order valence-corrected chi connectivity index (χ0v) is 19.4. The van der Waals surface area contributed by atoms with Crippen molar-refractivity contribution in [3.63, 3.8) is 0 Å². The Morgan fingerprint density at radius 3 is 2.52 bits per heavy atom. The third-order valence-electron chi connectivity index (χ3n) is 5.77. The Balaban J connectivity index is 0.000000601. The van der Waals surface area contributed by atoms with Crippen LogP contribution in [0.5, 0.6) is 11.5 Å². The van der Waals surface area contributed by atoms with E-state index in [1.165, 1.54) is 6.42 Å². The van der Waals surface area contributed by atoms with Crippen molar-refractivity contribution in [2.45, 2.75) is 52.7 Å². The topological polar surface area (TPSA) is 83.1 Å². The van der Waals surface area contributed by atoms with E-state index < -0.39 is 0 Å². The molecule has 0 aliphatic carbocycles. The lowest BCUT2D eigenvalue weighted by molar-refractivity contribution is 0.101. The second kappa shape index (κ2) is 9.81. The standard InChI is InChI=1S/C24H23NO4.C3H8O/c1-15-11-19(26)18(14-25-9-5-2-6-10-25)24-22(15)23(27)21(29-24)13-17-12-16-7-3-4-8-20(16)28-17;1-3(2)4/h3-4,7-8,11-13,26H,2,5-6,9-10,14H2,1H3;3-4H,1-2H3. The number of nitrogens with zero attached hydrogens (tertiary/aromatic N) is 1. The van der Waals surface area contributed by atoms with E-state index in [-0.39, 0.29) is 23.4 Å². The number of fused-ring (bicyclic) bond motifs is 2. The first-order chi connectivity index (χ1) is 15.8. The molecule has 1 saturated heterocycles. The maximum Gasteiger partial charge on any atom is 0.232 e. The number of allylic oxidation sites excluding steroid dienone is 1. The van der Waals surface area contributed by atoms with Crippen molar-refractivity contribution in [2.24, 2.45) is 0 Å². The lowest BCUT2D eigenvalue weighted by Crippen LogP contribution is -2.29. The summed E-state index contributed by atoms with van der Waals surface area (Å²) in [6.45, 7) is 7.85. The number of aryl methyl sites for hydroxylation is 1. The van der Waals surface area contributed by atoms with Crippen molar-refractivity contribution in [1.82, 2.24) is 4.90 Å². The predicted molar refractivity (Wildman–Crippen MR) is 128 cm³/mol. The molecule has 1 aromatic heterocycles. The number of hydrogen-bond donors (Lipinski definition) is 2. The van der Waals surface area contributed by atoms with Crippen LogP contribution >= 0.6 is 0 Å². The summed E-state index contributed by atoms with van der Waals surface area (Å²) in [7, 11) is 0. The number of aliphatic hydroxyl groups excluding tert-OH is 1. The highest BCUT2D eigenvalue weighted by Gasteiger charge is 2.34. The second-order valence-electron chi connectivity index (χ2n) is 8.95. The molecule has 33 heavy (non-hydrogen) atoms. The highest BCUT2D eigenvalue weighted by Crippen LogP contribution is 2.42. The van der Waals surface area contributed by atoms with Crippen LogP contribution < -0.4 is 4.74 Å². The van der Waals surface area contributed by atoms with Crippen LogP contribution in [0.15, 0.2) is 46.6 Å². The van der Waals surface area contributed by atoms with Gasteiger partial charge in [-0.15, -0.1) is 0 Å². The largest absolute Gasteiger partial charge is 0.507 e. The number of carbonyl (C=O) groups is 1. The average molecular weight is 450 g/mol. The number of Topliss-reactive ketones (excluding diaryl/α,β-unsaturated/α-hetero) is 1. The van der Waals surface area contributed by atoms with Crippen molar-refractivity contribution in [2.75, 3.05) is 13.1 Å². The minimum absolute atomic E-state index is 0.167. The molecule has 0 radical (unpaired) electrons. The number of aromatic hydroxyl groups is 1. The summed E-state index contributed by atoms with van der Waals surface area (Å²) in [4.78, 5) is 15.4. The molecule has 0 atom stereocenters. The molecule has 0 bridgehead atoms. The van der Waals surface area contributed by atoms with Gasteiger partial charge < -0.3 is 19.4 Å². The van der Waals surface area contributed by atoms with Crippen LogP contribution in [0.3, 0.4) is 0 Å². The Hall–Kier alpha value is -3.09. The Morgan fingerprint density at radius 1 is 1.12 bits per heavy atom. The van der Waals surface area contributed by atoms with Gasteiger partial charge in [0, 0.05) is 24.1 Å². The fraction of sp³-hybridized carbons (Fsp3) is 0.370. The van der Waals surface area contributed by atoms with Gasteiger partial charge in [0.1, 0.15) is 22.8 Å². The van der Waals surface area contributed by atoms with Crippen LogP contribution in [0.25, 0.3) is 17.0 Å². The first kappa shape index (κ1) is 23.1. The van der Waals surface area contributed by atoms with E-state index in [2.05, 4.69) is 4.90 Å². The maximum absolute atomic E-state index is 13.1. The molecule has 174 valence electrons. The normalized spacial score (nSPS) is 17.2. The molecule has 2 aliphatic heterocycles. The minimum Gasteiger partial charge on any atom is -0.507 e. The van der Waals surface area contributed by atoms with E-state index in [0.29, 0.717) is 29.2 Å². The van der Waals surface area contributed by atoms with E-state index in [1.807, 2.05) is 37.3 Å². The Kier molecular flexibility index (Phi) is 6.86. The molecular formula is C27H31NO5. The van der Waals surface area contributed by atoms with Crippen LogP contribution in [0, 0.1) is 6.92 Å². The molecule has 0 saturated carbocycles. The number of phenolic OH excluding ortho intramolecular Hbond substituents is 1. The zero-order chi connectivity index (χ0) is 23.5. The van der Waals surface area contributed by atoms with Gasteiger partial charge in [0.05, 0.1) is 11.1 Å². The second-order valence-corrected chi connectivity index (χ2v) is 8.95. The number of likely N-dealkylation sites (tertiary alicyclic amines) is 1. The van der Waals surface area contributed by atoms with Crippen LogP contribution in [-0.2, 0) is 6.54 Å². The molecule has 1 fully saturated rings. The summed E-state index contributed by atoms with van der Waals surface area (Å²) >= 11 is 0. The molecule has 0 amide bonds. The van der Waals surface area contributed by atoms with Gasteiger partial charge in [-0.1, -0.05) is 24.6 Å². The SMILES string of the molecule is CC(C)O.Cc1cc(O)c(CN2CCCCC2)c2c1C(=O)C(=Cc1cc3ccccc3o1)O2. The Bertz CT molecular complexity index is 1150. The molecule has 5 rings (SSSR count). The van der Waals surface area contributed by atoms with Crippen LogP contribution in [0.1, 0.15) is 60.4 Å². The quantitative estimate of drug-likeness (QED) is 0.519. The summed E-state index contributed by atoms with van der Waals surface area (Å²) in [5.41, 5.74) is 2.71. The van der Waals surface area contributed by atoms with Crippen molar-refractivity contribution in [1.29, 1.82) is 0 Å². The lowest BCUT2D eigenvalue weighted by atomic mass is 9.99. The molecule has 2 aliphatic rings. The van der Waals surface area contributed by atoms with Gasteiger partial charge in [0.15, 0.2) is 5.76 Å². The average Bonchev–Trinajstić information content (AvgIpc) is 3.32. The number of piperidine rings is 1. The number of rotatable bonds is 3. The lowest BCUT2D eigenvalue weighted by Gasteiger charge is -2.27. The third-order valence-corrected chi connectivity index (χ3v) is 5.77. The predicted octanol–water partition coefficient (Wildman–Crippen LogP) is 5.44. The van der Waals surface area contributed by atoms with E-state index in [4.69, 9.17) is 14.3 Å². The highest BCUT2D eigenvalue weighted by molar-refractivity contribution is 6.15. The Morgan fingerprint density at radius 2 is 1.82 bits per heavy atom. The molecule has 0 unspecified atom stereocenters. The summed E-state index contributed by atoms with van der Waals surface area (Å²) in [5, 5.41) is 19.6. The van der Waals surface area contributed by atoms with Gasteiger partial charge in [0.2, 0.25) is 5.78 Å². The van der Waals surface area contributed by atoms with Gasteiger partial charge in [-0.05, 0) is 70.5 Å². The first-order valence-electron chi connectivity index (χ1n) is 11.5.